The average molecular weight is 83.2 g/mol. The minimum atomic E-state index is 0.398. The normalized spacial score (nSPS) is 10.0. The third kappa shape index (κ3) is 4.00. The van der Waals surface area contributed by atoms with Crippen molar-refractivity contribution in [3.8, 4) is 0 Å². The first kappa shape index (κ1) is 6.00. The van der Waals surface area contributed by atoms with Crippen LogP contribution >= 0.6 is 0 Å². The van der Waals surface area contributed by atoms with Gasteiger partial charge in [0.15, 0.2) is 0 Å². The van der Waals surface area contributed by atoms with Gasteiger partial charge >= 0.3 is 0 Å². The van der Waals surface area contributed by atoms with Crippen molar-refractivity contribution in [2.75, 3.05) is 0 Å². The molecule has 35 valence electrons. The summed E-state index contributed by atoms with van der Waals surface area (Å²) in [6.45, 7) is 7.82. The molecule has 0 rings (SSSR count). The molecule has 0 spiro atoms. The van der Waals surface area contributed by atoms with E-state index in [1.54, 1.807) is 0 Å². The van der Waals surface area contributed by atoms with Gasteiger partial charge in [0, 0.05) is 0 Å². The van der Waals surface area contributed by atoms with Gasteiger partial charge in [0.2, 0.25) is 0 Å². The quantitative estimate of drug-likeness (QED) is 0.478. The Balaban J connectivity index is 2.63. The van der Waals surface area contributed by atoms with E-state index < -0.39 is 0 Å². The monoisotopic (exact) mass is 83.1 g/mol. The molecule has 0 amide bonds. The third-order valence-corrected chi connectivity index (χ3v) is 0.553. The van der Waals surface area contributed by atoms with Crippen molar-refractivity contribution in [3.63, 3.8) is 0 Å². The maximum Gasteiger partial charge on any atom is -0.0145 e. The van der Waals surface area contributed by atoms with Crippen LogP contribution in [-0.2, 0) is 0 Å². The summed E-state index contributed by atoms with van der Waals surface area (Å²) in [7, 11) is 0. The van der Waals surface area contributed by atoms with E-state index in [2.05, 4.69) is 20.3 Å². The summed E-state index contributed by atoms with van der Waals surface area (Å²) in [6.07, 6.45) is 4.12. The standard InChI is InChI=1S/C6H11/c1-4-5-6(2)3/h6H,2,4H2,1,3H3. The van der Waals surface area contributed by atoms with Crippen LogP contribution in [0.3, 0.4) is 0 Å². The molecule has 1 atom stereocenters. The van der Waals surface area contributed by atoms with E-state index >= 15 is 0 Å². The molecule has 0 aliphatic carbocycles. The van der Waals surface area contributed by atoms with E-state index in [-0.39, 0.29) is 0 Å². The summed E-state index contributed by atoms with van der Waals surface area (Å²) in [5, 5.41) is 0. The van der Waals surface area contributed by atoms with Gasteiger partial charge in [-0.1, -0.05) is 13.8 Å². The lowest BCUT2D eigenvalue weighted by molar-refractivity contribution is 0.797. The second-order valence-electron chi connectivity index (χ2n) is 1.46. The maximum absolute atomic E-state index is 3.72. The van der Waals surface area contributed by atoms with Crippen molar-refractivity contribution in [1.29, 1.82) is 0 Å². The molecule has 0 saturated carbocycles. The topological polar surface area (TPSA) is 0 Å². The summed E-state index contributed by atoms with van der Waals surface area (Å²) < 4.78 is 0. The van der Waals surface area contributed by atoms with E-state index in [0.29, 0.717) is 5.92 Å². The predicted octanol–water partition coefficient (Wildman–Crippen LogP) is 1.95. The summed E-state index contributed by atoms with van der Waals surface area (Å²) in [5.41, 5.74) is 0. The van der Waals surface area contributed by atoms with Crippen LogP contribution in [-0.4, -0.2) is 0 Å². The molecule has 0 fully saturated rings. The van der Waals surface area contributed by atoms with Crippen LogP contribution in [0, 0.1) is 19.3 Å². The lowest BCUT2D eigenvalue weighted by atomic mass is 10.1. The van der Waals surface area contributed by atoms with Gasteiger partial charge in [-0.25, -0.2) is 0 Å². The first-order valence-electron chi connectivity index (χ1n) is 2.33. The van der Waals surface area contributed by atoms with Crippen molar-refractivity contribution in [3.05, 3.63) is 13.3 Å². The van der Waals surface area contributed by atoms with E-state index in [0.717, 1.165) is 6.42 Å². The van der Waals surface area contributed by atoms with Gasteiger partial charge in [-0.2, -0.15) is 0 Å². The molecule has 0 aromatic heterocycles. The minimum Gasteiger partial charge on any atom is -0.0648 e. The molecule has 0 saturated heterocycles. The lowest BCUT2D eigenvalue weighted by Gasteiger charge is -1.94. The lowest BCUT2D eigenvalue weighted by Crippen LogP contribution is -1.83. The van der Waals surface area contributed by atoms with Crippen molar-refractivity contribution in [1.82, 2.24) is 0 Å². The largest absolute Gasteiger partial charge is 0.0648 e. The highest BCUT2D eigenvalue weighted by molar-refractivity contribution is 4.70. The van der Waals surface area contributed by atoms with E-state index in [1.165, 1.54) is 0 Å². The second-order valence-corrected chi connectivity index (χ2v) is 1.46. The van der Waals surface area contributed by atoms with Crippen LogP contribution in [0.1, 0.15) is 20.3 Å². The fraction of sp³-hybridized carbons (Fsp3) is 0.667. The molecular formula is C6H11. The molecule has 3 radical (unpaired) electrons. The zero-order valence-corrected chi connectivity index (χ0v) is 4.49. The Morgan fingerprint density at radius 1 is 1.83 bits per heavy atom. The molecule has 0 heteroatoms. The Morgan fingerprint density at radius 3 is 2.33 bits per heavy atom. The Bertz CT molecular complexity index is 21.2. The molecule has 0 aliphatic heterocycles. The van der Waals surface area contributed by atoms with Crippen molar-refractivity contribution >= 4 is 0 Å². The van der Waals surface area contributed by atoms with Gasteiger partial charge in [-0.15, -0.1) is 0 Å². The first-order valence-corrected chi connectivity index (χ1v) is 2.33. The van der Waals surface area contributed by atoms with Gasteiger partial charge in [0.1, 0.15) is 0 Å². The van der Waals surface area contributed by atoms with E-state index in [9.17, 15) is 0 Å². The fourth-order valence-corrected chi connectivity index (χ4v) is 0.348. The van der Waals surface area contributed by atoms with E-state index in [4.69, 9.17) is 0 Å². The molecular weight excluding hydrogens is 72.1 g/mol. The Kier molecular flexibility index (Phi) is 3.20. The predicted molar refractivity (Wildman–Crippen MR) is 28.1 cm³/mol. The summed E-state index contributed by atoms with van der Waals surface area (Å²) in [4.78, 5) is 0. The van der Waals surface area contributed by atoms with Crippen LogP contribution in [0.5, 0.6) is 0 Å². The minimum absolute atomic E-state index is 0.398. The van der Waals surface area contributed by atoms with Crippen molar-refractivity contribution < 1.29 is 0 Å². The van der Waals surface area contributed by atoms with Crippen molar-refractivity contribution in [2.45, 2.75) is 20.3 Å². The molecule has 1 unspecified atom stereocenters. The SMILES string of the molecule is [CH2]C(C)[C]CC. The Morgan fingerprint density at radius 2 is 2.33 bits per heavy atom. The zero-order valence-electron chi connectivity index (χ0n) is 4.49. The van der Waals surface area contributed by atoms with Crippen LogP contribution in [0.15, 0.2) is 0 Å². The summed E-state index contributed by atoms with van der Waals surface area (Å²) in [5.74, 6) is 0.398. The summed E-state index contributed by atoms with van der Waals surface area (Å²) >= 11 is 0. The molecule has 0 aliphatic rings. The molecule has 0 aromatic rings. The van der Waals surface area contributed by atoms with Crippen LogP contribution in [0.2, 0.25) is 0 Å². The van der Waals surface area contributed by atoms with Crippen LogP contribution in [0.4, 0.5) is 0 Å². The molecule has 0 heterocycles. The van der Waals surface area contributed by atoms with Gasteiger partial charge in [-0.05, 0) is 25.7 Å². The Labute approximate surface area is 40.6 Å². The van der Waals surface area contributed by atoms with Crippen molar-refractivity contribution in [2.24, 2.45) is 5.92 Å². The molecule has 0 bridgehead atoms. The zero-order chi connectivity index (χ0) is 4.99. The van der Waals surface area contributed by atoms with Crippen LogP contribution in [0.25, 0.3) is 0 Å². The Hall–Kier alpha value is 0. The smallest absolute Gasteiger partial charge is 0.0145 e. The highest BCUT2D eigenvalue weighted by Crippen LogP contribution is 1.98. The van der Waals surface area contributed by atoms with E-state index in [1.807, 2.05) is 6.92 Å². The van der Waals surface area contributed by atoms with Gasteiger partial charge in [0.25, 0.3) is 0 Å². The molecule has 0 aromatic carbocycles. The summed E-state index contributed by atoms with van der Waals surface area (Å²) in [6, 6.07) is 0. The van der Waals surface area contributed by atoms with Gasteiger partial charge in [0.05, 0.1) is 0 Å². The first-order chi connectivity index (χ1) is 2.77. The second kappa shape index (κ2) is 3.20. The fourth-order valence-electron chi connectivity index (χ4n) is 0.348. The molecule has 0 nitrogen and oxygen atoms in total. The van der Waals surface area contributed by atoms with Gasteiger partial charge < -0.3 is 0 Å². The average Bonchev–Trinajstić information content (AvgIpc) is 1.35. The number of hydrogen-bond acceptors (Lipinski definition) is 0. The highest BCUT2D eigenvalue weighted by atomic mass is 13.9. The highest BCUT2D eigenvalue weighted by Gasteiger charge is 1.87. The van der Waals surface area contributed by atoms with Gasteiger partial charge in [-0.3, -0.25) is 0 Å². The molecule has 6 heavy (non-hydrogen) atoms. The number of hydrogen-bond donors (Lipinski definition) is 0. The number of rotatable bonds is 2. The van der Waals surface area contributed by atoms with Crippen LogP contribution < -0.4 is 0 Å². The maximum atomic E-state index is 3.72. The molecule has 0 N–H and O–H groups in total. The third-order valence-electron chi connectivity index (χ3n) is 0.553.